The third-order valence-electron chi connectivity index (χ3n) is 4.99. The second-order valence-corrected chi connectivity index (χ2v) is 6.84. The smallest absolute Gasteiger partial charge is 0.242 e. The predicted molar refractivity (Wildman–Crippen MR) is 105 cm³/mol. The van der Waals surface area contributed by atoms with Crippen molar-refractivity contribution in [3.63, 3.8) is 0 Å². The molecule has 28 heavy (non-hydrogen) atoms. The third kappa shape index (κ3) is 3.62. The number of likely N-dealkylation sites (tertiary alicyclic amines) is 1. The van der Waals surface area contributed by atoms with Gasteiger partial charge >= 0.3 is 0 Å². The Kier molecular flexibility index (Phi) is 5.10. The lowest BCUT2D eigenvalue weighted by Gasteiger charge is -2.25. The van der Waals surface area contributed by atoms with Gasteiger partial charge in [-0.05, 0) is 56.5 Å². The minimum atomic E-state index is 0.0683. The lowest BCUT2D eigenvalue weighted by atomic mass is 10.0. The molecule has 4 rings (SSSR count). The predicted octanol–water partition coefficient (Wildman–Crippen LogP) is 2.61. The van der Waals surface area contributed by atoms with E-state index in [9.17, 15) is 4.79 Å². The van der Waals surface area contributed by atoms with Gasteiger partial charge in [0.2, 0.25) is 5.91 Å². The standard InChI is InChI=1S/C20H24N6O2/c1-3-28-16-8-6-15(7-9-16)17-5-4-12-25(17)20(27)13-21-18-10-11-19-23-22-14(2)26(19)24-18/h6-11,17H,3-5,12-13H2,1-2H3,(H,21,24)/t17-/m1/s1. The van der Waals surface area contributed by atoms with Gasteiger partial charge in [0.25, 0.3) is 0 Å². The fraction of sp³-hybridized carbons (Fsp3) is 0.400. The molecule has 3 aromatic rings. The van der Waals surface area contributed by atoms with Gasteiger partial charge in [0.05, 0.1) is 19.2 Å². The van der Waals surface area contributed by atoms with Crippen LogP contribution in [0.15, 0.2) is 36.4 Å². The first kappa shape index (κ1) is 18.2. The Balaban J connectivity index is 1.42. The van der Waals surface area contributed by atoms with E-state index in [1.54, 1.807) is 4.52 Å². The number of amides is 1. The molecule has 146 valence electrons. The molecule has 2 aromatic heterocycles. The van der Waals surface area contributed by atoms with Crippen molar-refractivity contribution < 1.29 is 9.53 Å². The van der Waals surface area contributed by atoms with E-state index in [-0.39, 0.29) is 18.5 Å². The Bertz CT molecular complexity index is 968. The quantitative estimate of drug-likeness (QED) is 0.708. The number of carbonyl (C=O) groups is 1. The normalized spacial score (nSPS) is 16.5. The number of fused-ring (bicyclic) bond motifs is 1. The summed E-state index contributed by atoms with van der Waals surface area (Å²) in [6, 6.07) is 11.8. The topological polar surface area (TPSA) is 84.6 Å². The highest BCUT2D eigenvalue weighted by atomic mass is 16.5. The molecule has 1 aromatic carbocycles. The maximum atomic E-state index is 12.8. The van der Waals surface area contributed by atoms with Crippen molar-refractivity contribution in [2.45, 2.75) is 32.7 Å². The van der Waals surface area contributed by atoms with Crippen LogP contribution in [0.3, 0.4) is 0 Å². The minimum Gasteiger partial charge on any atom is -0.494 e. The van der Waals surface area contributed by atoms with E-state index in [1.807, 2.05) is 43.0 Å². The molecule has 1 aliphatic heterocycles. The van der Waals surface area contributed by atoms with E-state index < -0.39 is 0 Å². The lowest BCUT2D eigenvalue weighted by molar-refractivity contribution is -0.130. The molecular weight excluding hydrogens is 356 g/mol. The van der Waals surface area contributed by atoms with Crippen LogP contribution < -0.4 is 10.1 Å². The molecule has 1 fully saturated rings. The highest BCUT2D eigenvalue weighted by molar-refractivity contribution is 5.81. The van der Waals surface area contributed by atoms with Gasteiger partial charge in [-0.1, -0.05) is 12.1 Å². The van der Waals surface area contributed by atoms with Crippen LogP contribution in [-0.2, 0) is 4.79 Å². The number of rotatable bonds is 6. The van der Waals surface area contributed by atoms with Crippen molar-refractivity contribution in [3.05, 3.63) is 47.8 Å². The van der Waals surface area contributed by atoms with E-state index in [2.05, 4.69) is 32.7 Å². The average Bonchev–Trinajstić information content (AvgIpc) is 3.34. The molecule has 1 amide bonds. The second kappa shape index (κ2) is 7.84. The van der Waals surface area contributed by atoms with Gasteiger partial charge in [-0.25, -0.2) is 0 Å². The Morgan fingerprint density at radius 2 is 2.04 bits per heavy atom. The highest BCUT2D eigenvalue weighted by Crippen LogP contribution is 2.32. The maximum absolute atomic E-state index is 12.8. The van der Waals surface area contributed by atoms with Gasteiger partial charge in [0.15, 0.2) is 11.5 Å². The molecule has 8 heteroatoms. The Labute approximate surface area is 163 Å². The number of aryl methyl sites for hydroxylation is 1. The fourth-order valence-electron chi connectivity index (χ4n) is 3.62. The van der Waals surface area contributed by atoms with Crippen molar-refractivity contribution in [2.24, 2.45) is 0 Å². The first-order valence-electron chi connectivity index (χ1n) is 9.61. The van der Waals surface area contributed by atoms with Gasteiger partial charge in [-0.3, -0.25) is 4.79 Å². The van der Waals surface area contributed by atoms with Crippen LogP contribution in [0.4, 0.5) is 5.82 Å². The Hall–Kier alpha value is -3.16. The Morgan fingerprint density at radius 1 is 1.21 bits per heavy atom. The number of carbonyl (C=O) groups excluding carboxylic acids is 1. The summed E-state index contributed by atoms with van der Waals surface area (Å²) < 4.78 is 7.17. The first-order valence-corrected chi connectivity index (χ1v) is 9.61. The molecule has 0 radical (unpaired) electrons. The highest BCUT2D eigenvalue weighted by Gasteiger charge is 2.29. The first-order chi connectivity index (χ1) is 13.7. The lowest BCUT2D eigenvalue weighted by Crippen LogP contribution is -2.35. The van der Waals surface area contributed by atoms with Crippen LogP contribution >= 0.6 is 0 Å². The minimum absolute atomic E-state index is 0.0683. The molecule has 0 saturated carbocycles. The number of nitrogens with one attached hydrogen (secondary N) is 1. The van der Waals surface area contributed by atoms with Gasteiger partial charge in [-0.15, -0.1) is 15.3 Å². The summed E-state index contributed by atoms with van der Waals surface area (Å²) >= 11 is 0. The van der Waals surface area contributed by atoms with Crippen molar-refractivity contribution in [3.8, 4) is 5.75 Å². The molecule has 3 heterocycles. The van der Waals surface area contributed by atoms with Crippen LogP contribution in [0.2, 0.25) is 0 Å². The SMILES string of the molecule is CCOc1ccc([C@H]2CCCN2C(=O)CNc2ccc3nnc(C)n3n2)cc1. The number of ether oxygens (including phenoxy) is 1. The monoisotopic (exact) mass is 380 g/mol. The molecule has 0 bridgehead atoms. The number of nitrogens with zero attached hydrogens (tertiary/aromatic N) is 5. The molecule has 0 spiro atoms. The van der Waals surface area contributed by atoms with Gasteiger partial charge in [0.1, 0.15) is 11.6 Å². The largest absolute Gasteiger partial charge is 0.494 e. The van der Waals surface area contributed by atoms with Crippen LogP contribution in [0.25, 0.3) is 5.65 Å². The molecule has 1 aliphatic rings. The number of hydrogen-bond acceptors (Lipinski definition) is 6. The van der Waals surface area contributed by atoms with Crippen molar-refractivity contribution in [2.75, 3.05) is 25.0 Å². The number of aromatic nitrogens is 4. The van der Waals surface area contributed by atoms with Crippen molar-refractivity contribution >= 4 is 17.4 Å². The third-order valence-corrected chi connectivity index (χ3v) is 4.99. The summed E-state index contributed by atoms with van der Waals surface area (Å²) in [5.41, 5.74) is 1.83. The maximum Gasteiger partial charge on any atom is 0.242 e. The number of anilines is 1. The Morgan fingerprint density at radius 3 is 2.82 bits per heavy atom. The summed E-state index contributed by atoms with van der Waals surface area (Å²) in [4.78, 5) is 14.8. The summed E-state index contributed by atoms with van der Waals surface area (Å²) in [6.07, 6.45) is 1.98. The molecule has 0 aliphatic carbocycles. The van der Waals surface area contributed by atoms with Gasteiger partial charge < -0.3 is 15.0 Å². The van der Waals surface area contributed by atoms with E-state index in [1.165, 1.54) is 0 Å². The molecular formula is C20H24N6O2. The van der Waals surface area contributed by atoms with E-state index in [4.69, 9.17) is 4.74 Å². The zero-order chi connectivity index (χ0) is 19.5. The number of hydrogen-bond donors (Lipinski definition) is 1. The van der Waals surface area contributed by atoms with E-state index >= 15 is 0 Å². The molecule has 8 nitrogen and oxygen atoms in total. The molecule has 1 atom stereocenters. The zero-order valence-corrected chi connectivity index (χ0v) is 16.1. The van der Waals surface area contributed by atoms with Crippen LogP contribution in [-0.4, -0.2) is 50.3 Å². The summed E-state index contributed by atoms with van der Waals surface area (Å²) in [5, 5.41) is 15.6. The molecule has 1 N–H and O–H groups in total. The number of benzene rings is 1. The zero-order valence-electron chi connectivity index (χ0n) is 16.1. The molecule has 0 unspecified atom stereocenters. The summed E-state index contributed by atoms with van der Waals surface area (Å²) in [7, 11) is 0. The average molecular weight is 380 g/mol. The van der Waals surface area contributed by atoms with Crippen molar-refractivity contribution in [1.29, 1.82) is 0 Å². The van der Waals surface area contributed by atoms with Crippen LogP contribution in [0, 0.1) is 6.92 Å². The summed E-state index contributed by atoms with van der Waals surface area (Å²) in [5.74, 6) is 2.26. The molecule has 1 saturated heterocycles. The van der Waals surface area contributed by atoms with Gasteiger partial charge in [0, 0.05) is 6.54 Å². The van der Waals surface area contributed by atoms with E-state index in [0.717, 1.165) is 30.7 Å². The fourth-order valence-corrected chi connectivity index (χ4v) is 3.62. The van der Waals surface area contributed by atoms with Crippen LogP contribution in [0.5, 0.6) is 5.75 Å². The van der Waals surface area contributed by atoms with E-state index in [0.29, 0.717) is 23.9 Å². The summed E-state index contributed by atoms with van der Waals surface area (Å²) in [6.45, 7) is 5.43. The van der Waals surface area contributed by atoms with Crippen LogP contribution in [0.1, 0.15) is 37.2 Å². The van der Waals surface area contributed by atoms with Crippen molar-refractivity contribution in [1.82, 2.24) is 24.7 Å². The second-order valence-electron chi connectivity index (χ2n) is 6.84. The van der Waals surface area contributed by atoms with Gasteiger partial charge in [-0.2, -0.15) is 4.52 Å².